The highest BCUT2D eigenvalue weighted by atomic mass is 32.2. The van der Waals surface area contributed by atoms with E-state index in [0.717, 1.165) is 12.8 Å². The number of halogens is 1. The summed E-state index contributed by atoms with van der Waals surface area (Å²) in [5.41, 5.74) is 0.196. The smallest absolute Gasteiger partial charge is 0.243 e. The number of aliphatic hydroxyl groups excluding tert-OH is 1. The van der Waals surface area contributed by atoms with Gasteiger partial charge in [0.25, 0.3) is 0 Å². The Hall–Kier alpha value is -0.980. The summed E-state index contributed by atoms with van der Waals surface area (Å²) in [5.74, 6) is -0.546. The third-order valence-electron chi connectivity index (χ3n) is 3.98. The summed E-state index contributed by atoms with van der Waals surface area (Å²) in [6.07, 6.45) is 1.81. The Kier molecular flexibility index (Phi) is 4.42. The van der Waals surface area contributed by atoms with Crippen LogP contribution in [0.25, 0.3) is 0 Å². The van der Waals surface area contributed by atoms with Crippen LogP contribution in [0.2, 0.25) is 0 Å². The first-order valence-corrected chi connectivity index (χ1v) is 8.51. The molecule has 6 heteroatoms. The van der Waals surface area contributed by atoms with Gasteiger partial charge < -0.3 is 5.11 Å². The van der Waals surface area contributed by atoms with Crippen LogP contribution in [0, 0.1) is 18.2 Å². The van der Waals surface area contributed by atoms with Crippen molar-refractivity contribution in [3.63, 3.8) is 0 Å². The van der Waals surface area contributed by atoms with Crippen LogP contribution < -0.4 is 0 Å². The van der Waals surface area contributed by atoms with Gasteiger partial charge in [-0.3, -0.25) is 0 Å². The summed E-state index contributed by atoms with van der Waals surface area (Å²) in [5, 5.41) is 9.18. The van der Waals surface area contributed by atoms with Gasteiger partial charge in [-0.15, -0.1) is 0 Å². The van der Waals surface area contributed by atoms with Crippen molar-refractivity contribution < 1.29 is 17.9 Å². The Morgan fingerprint density at radius 3 is 2.62 bits per heavy atom. The molecule has 0 aromatic heterocycles. The molecule has 0 saturated carbocycles. The molecule has 118 valence electrons. The van der Waals surface area contributed by atoms with Crippen molar-refractivity contribution in [2.24, 2.45) is 5.41 Å². The molecule has 1 saturated heterocycles. The number of hydrogen-bond acceptors (Lipinski definition) is 3. The van der Waals surface area contributed by atoms with Gasteiger partial charge in [-0.1, -0.05) is 13.8 Å². The van der Waals surface area contributed by atoms with E-state index in [2.05, 4.69) is 0 Å². The van der Waals surface area contributed by atoms with Crippen LogP contribution in [0.3, 0.4) is 0 Å². The highest BCUT2D eigenvalue weighted by Crippen LogP contribution is 2.32. The second-order valence-corrected chi connectivity index (χ2v) is 8.42. The largest absolute Gasteiger partial charge is 0.392 e. The fourth-order valence-electron chi connectivity index (χ4n) is 2.79. The van der Waals surface area contributed by atoms with Crippen LogP contribution in [0.15, 0.2) is 17.0 Å². The number of aryl methyl sites for hydroxylation is 1. The van der Waals surface area contributed by atoms with Crippen molar-refractivity contribution in [1.29, 1.82) is 0 Å². The highest BCUT2D eigenvalue weighted by molar-refractivity contribution is 7.89. The van der Waals surface area contributed by atoms with Crippen LogP contribution in [0.4, 0.5) is 4.39 Å². The summed E-state index contributed by atoms with van der Waals surface area (Å²) < 4.78 is 40.7. The molecule has 0 spiro atoms. The molecule has 0 unspecified atom stereocenters. The quantitative estimate of drug-likeness (QED) is 0.932. The zero-order valence-corrected chi connectivity index (χ0v) is 13.5. The fraction of sp³-hybridized carbons (Fsp3) is 0.600. The SMILES string of the molecule is Cc1cc(S(=O)(=O)N2CCCC(C)(C)C2)cc(CO)c1F. The van der Waals surface area contributed by atoms with Crippen molar-refractivity contribution in [1.82, 2.24) is 4.31 Å². The molecule has 2 rings (SSSR count). The van der Waals surface area contributed by atoms with Gasteiger partial charge in [-0.2, -0.15) is 4.31 Å². The van der Waals surface area contributed by atoms with Gasteiger partial charge in [0.1, 0.15) is 5.82 Å². The Morgan fingerprint density at radius 1 is 1.38 bits per heavy atom. The van der Waals surface area contributed by atoms with Gasteiger partial charge in [0, 0.05) is 18.7 Å². The molecule has 1 heterocycles. The van der Waals surface area contributed by atoms with E-state index < -0.39 is 22.4 Å². The predicted molar refractivity (Wildman–Crippen MR) is 78.8 cm³/mol. The Labute approximate surface area is 125 Å². The van der Waals surface area contributed by atoms with E-state index >= 15 is 0 Å². The van der Waals surface area contributed by atoms with E-state index in [1.807, 2.05) is 13.8 Å². The van der Waals surface area contributed by atoms with Gasteiger partial charge in [0.15, 0.2) is 0 Å². The van der Waals surface area contributed by atoms with Gasteiger partial charge in [0.2, 0.25) is 10.0 Å². The number of benzene rings is 1. The zero-order valence-electron chi connectivity index (χ0n) is 12.7. The molecule has 0 atom stereocenters. The first kappa shape index (κ1) is 16.4. The first-order chi connectivity index (χ1) is 9.67. The maximum atomic E-state index is 13.8. The average molecular weight is 315 g/mol. The lowest BCUT2D eigenvalue weighted by Gasteiger charge is -2.37. The molecule has 1 aromatic carbocycles. The number of piperidine rings is 1. The van der Waals surface area contributed by atoms with Crippen LogP contribution in [-0.2, 0) is 16.6 Å². The van der Waals surface area contributed by atoms with E-state index in [1.165, 1.54) is 23.4 Å². The average Bonchev–Trinajstić information content (AvgIpc) is 2.40. The molecule has 1 N–H and O–H groups in total. The number of nitrogens with zero attached hydrogens (tertiary/aromatic N) is 1. The van der Waals surface area contributed by atoms with Gasteiger partial charge in [-0.05, 0) is 42.9 Å². The van der Waals surface area contributed by atoms with Crippen molar-refractivity contribution in [2.75, 3.05) is 13.1 Å². The molecule has 1 fully saturated rings. The molecular formula is C15H22FNO3S. The van der Waals surface area contributed by atoms with Crippen molar-refractivity contribution >= 4 is 10.0 Å². The Morgan fingerprint density at radius 2 is 2.05 bits per heavy atom. The lowest BCUT2D eigenvalue weighted by Crippen LogP contribution is -2.43. The highest BCUT2D eigenvalue weighted by Gasteiger charge is 2.34. The van der Waals surface area contributed by atoms with Gasteiger partial charge >= 0.3 is 0 Å². The molecule has 21 heavy (non-hydrogen) atoms. The van der Waals surface area contributed by atoms with Crippen LogP contribution in [0.1, 0.15) is 37.8 Å². The summed E-state index contributed by atoms with van der Waals surface area (Å²) in [4.78, 5) is 0.0585. The number of aliphatic hydroxyl groups is 1. The Balaban J connectivity index is 2.42. The lowest BCUT2D eigenvalue weighted by molar-refractivity contribution is 0.187. The zero-order chi connectivity index (χ0) is 15.8. The molecule has 0 aliphatic carbocycles. The summed E-state index contributed by atoms with van der Waals surface area (Å²) in [6.45, 7) is 6.03. The maximum Gasteiger partial charge on any atom is 0.243 e. The third kappa shape index (κ3) is 3.27. The van der Waals surface area contributed by atoms with E-state index in [1.54, 1.807) is 0 Å². The molecule has 0 amide bonds. The monoisotopic (exact) mass is 315 g/mol. The topological polar surface area (TPSA) is 57.6 Å². The first-order valence-electron chi connectivity index (χ1n) is 7.07. The summed E-state index contributed by atoms with van der Waals surface area (Å²) in [7, 11) is -3.65. The summed E-state index contributed by atoms with van der Waals surface area (Å²) in [6, 6.07) is 2.57. The van der Waals surface area contributed by atoms with Crippen LogP contribution >= 0.6 is 0 Å². The molecule has 1 aliphatic rings. The van der Waals surface area contributed by atoms with Gasteiger partial charge in [0.05, 0.1) is 11.5 Å². The van der Waals surface area contributed by atoms with E-state index in [4.69, 9.17) is 0 Å². The molecular weight excluding hydrogens is 293 g/mol. The second-order valence-electron chi connectivity index (χ2n) is 6.48. The third-order valence-corrected chi connectivity index (χ3v) is 5.80. The van der Waals surface area contributed by atoms with E-state index in [-0.39, 0.29) is 21.4 Å². The Bertz CT molecular complexity index is 641. The molecule has 1 aliphatic heterocycles. The molecule has 1 aromatic rings. The van der Waals surface area contributed by atoms with E-state index in [0.29, 0.717) is 13.1 Å². The summed E-state index contributed by atoms with van der Waals surface area (Å²) >= 11 is 0. The number of rotatable bonds is 3. The van der Waals surface area contributed by atoms with Crippen molar-refractivity contribution in [3.05, 3.63) is 29.1 Å². The number of hydrogen-bond donors (Lipinski definition) is 1. The van der Waals surface area contributed by atoms with E-state index in [9.17, 15) is 17.9 Å². The van der Waals surface area contributed by atoms with Crippen LogP contribution in [0.5, 0.6) is 0 Å². The minimum atomic E-state index is -3.65. The normalized spacial score (nSPS) is 19.7. The standard InChI is InChI=1S/C15H22FNO3S/c1-11-7-13(8-12(9-18)14(11)16)21(19,20)17-6-4-5-15(2,3)10-17/h7-8,18H,4-6,9-10H2,1-3H3. The molecule has 4 nitrogen and oxygen atoms in total. The van der Waals surface area contributed by atoms with Gasteiger partial charge in [-0.25, -0.2) is 12.8 Å². The predicted octanol–water partition coefficient (Wildman–Crippen LogP) is 2.44. The second kappa shape index (κ2) is 5.66. The van der Waals surface area contributed by atoms with Crippen LogP contribution in [-0.4, -0.2) is 30.9 Å². The maximum absolute atomic E-state index is 13.8. The fourth-order valence-corrected chi connectivity index (χ4v) is 4.60. The molecule has 0 radical (unpaired) electrons. The minimum Gasteiger partial charge on any atom is -0.392 e. The lowest BCUT2D eigenvalue weighted by atomic mass is 9.85. The van der Waals surface area contributed by atoms with Crippen molar-refractivity contribution in [3.8, 4) is 0 Å². The number of sulfonamides is 1. The molecule has 0 bridgehead atoms. The van der Waals surface area contributed by atoms with Crippen molar-refractivity contribution in [2.45, 2.75) is 45.1 Å². The minimum absolute atomic E-state index is 0.0184.